The zero-order valence-electron chi connectivity index (χ0n) is 14.3. The molecule has 0 aliphatic carbocycles. The molecule has 1 aliphatic rings. The molecule has 0 spiro atoms. The lowest BCUT2D eigenvalue weighted by molar-refractivity contribution is -0.121. The van der Waals surface area contributed by atoms with Crippen molar-refractivity contribution in [1.82, 2.24) is 10.2 Å². The lowest BCUT2D eigenvalue weighted by atomic mass is 10.1. The first-order chi connectivity index (χ1) is 12.1. The van der Waals surface area contributed by atoms with Crippen molar-refractivity contribution in [3.05, 3.63) is 65.7 Å². The van der Waals surface area contributed by atoms with E-state index < -0.39 is 0 Å². The zero-order chi connectivity index (χ0) is 17.6. The number of nitrogens with one attached hydrogen (secondary N) is 1. The van der Waals surface area contributed by atoms with E-state index in [2.05, 4.69) is 5.32 Å². The molecule has 2 aromatic rings. The van der Waals surface area contributed by atoms with Crippen molar-refractivity contribution in [2.45, 2.75) is 26.0 Å². The highest BCUT2D eigenvalue weighted by molar-refractivity contribution is 5.96. The van der Waals surface area contributed by atoms with Crippen LogP contribution in [-0.2, 0) is 11.4 Å². The Bertz CT molecular complexity index is 746. The number of amides is 2. The fraction of sp³-hybridized carbons (Fsp3) is 0.300. The second kappa shape index (κ2) is 7.83. The van der Waals surface area contributed by atoms with Crippen LogP contribution >= 0.6 is 0 Å². The van der Waals surface area contributed by atoms with Gasteiger partial charge in [0.1, 0.15) is 12.4 Å². The number of rotatable bonds is 4. The van der Waals surface area contributed by atoms with Crippen molar-refractivity contribution in [2.75, 3.05) is 13.1 Å². The topological polar surface area (TPSA) is 58.6 Å². The summed E-state index contributed by atoms with van der Waals surface area (Å²) in [7, 11) is 0. The van der Waals surface area contributed by atoms with Crippen LogP contribution in [0.1, 0.15) is 29.3 Å². The lowest BCUT2D eigenvalue weighted by Crippen LogP contribution is -2.40. The average Bonchev–Trinajstić information content (AvgIpc) is 2.80. The van der Waals surface area contributed by atoms with Gasteiger partial charge >= 0.3 is 0 Å². The molecule has 1 aliphatic heterocycles. The first kappa shape index (κ1) is 17.0. The van der Waals surface area contributed by atoms with Crippen LogP contribution in [0, 0.1) is 0 Å². The summed E-state index contributed by atoms with van der Waals surface area (Å²) in [5, 5.41) is 2.81. The summed E-state index contributed by atoms with van der Waals surface area (Å²) in [4.78, 5) is 26.5. The van der Waals surface area contributed by atoms with Crippen molar-refractivity contribution in [3.63, 3.8) is 0 Å². The van der Waals surface area contributed by atoms with E-state index in [4.69, 9.17) is 4.74 Å². The molecule has 5 nitrogen and oxygen atoms in total. The van der Waals surface area contributed by atoms with Gasteiger partial charge in [0.15, 0.2) is 0 Å². The summed E-state index contributed by atoms with van der Waals surface area (Å²) in [6, 6.07) is 16.9. The number of para-hydroxylation sites is 1. The van der Waals surface area contributed by atoms with Crippen molar-refractivity contribution in [1.29, 1.82) is 0 Å². The van der Waals surface area contributed by atoms with E-state index in [1.807, 2.05) is 61.5 Å². The third-order valence-corrected chi connectivity index (χ3v) is 4.33. The molecule has 1 saturated heterocycles. The molecule has 5 heteroatoms. The molecule has 3 rings (SSSR count). The first-order valence-electron chi connectivity index (χ1n) is 8.48. The Kier molecular flexibility index (Phi) is 5.33. The summed E-state index contributed by atoms with van der Waals surface area (Å²) in [6.07, 6.45) is 0.328. The highest BCUT2D eigenvalue weighted by atomic mass is 16.5. The van der Waals surface area contributed by atoms with Gasteiger partial charge in [0.25, 0.3) is 5.91 Å². The molecule has 130 valence electrons. The molecule has 1 unspecified atom stereocenters. The second-order valence-electron chi connectivity index (χ2n) is 6.16. The molecule has 0 aromatic heterocycles. The molecule has 1 atom stereocenters. The van der Waals surface area contributed by atoms with Gasteiger partial charge in [0.05, 0.1) is 0 Å². The summed E-state index contributed by atoms with van der Waals surface area (Å²) in [5.41, 5.74) is 1.46. The fourth-order valence-electron chi connectivity index (χ4n) is 2.98. The zero-order valence-corrected chi connectivity index (χ0v) is 14.3. The monoisotopic (exact) mass is 338 g/mol. The van der Waals surface area contributed by atoms with Crippen LogP contribution in [0.5, 0.6) is 5.75 Å². The van der Waals surface area contributed by atoms with Gasteiger partial charge in [-0.25, -0.2) is 0 Å². The van der Waals surface area contributed by atoms with E-state index in [0.29, 0.717) is 31.7 Å². The number of carbonyl (C=O) groups excluding carboxylic acids is 2. The van der Waals surface area contributed by atoms with E-state index in [0.717, 1.165) is 11.3 Å². The predicted molar refractivity (Wildman–Crippen MR) is 95.3 cm³/mol. The summed E-state index contributed by atoms with van der Waals surface area (Å²) < 4.78 is 5.80. The Morgan fingerprint density at radius 1 is 1.16 bits per heavy atom. The number of hydrogen-bond acceptors (Lipinski definition) is 3. The number of benzene rings is 2. The SMILES string of the molecule is CC1CC(=O)NCCN1C(=O)c1ccccc1COc1ccccc1. The van der Waals surface area contributed by atoms with E-state index in [9.17, 15) is 9.59 Å². The first-order valence-corrected chi connectivity index (χ1v) is 8.48. The van der Waals surface area contributed by atoms with Gasteiger partial charge in [0, 0.05) is 36.7 Å². The van der Waals surface area contributed by atoms with E-state index >= 15 is 0 Å². The number of nitrogens with zero attached hydrogens (tertiary/aromatic N) is 1. The van der Waals surface area contributed by atoms with Crippen LogP contribution in [-0.4, -0.2) is 35.8 Å². The Balaban J connectivity index is 1.77. The molecule has 2 amide bonds. The number of ether oxygens (including phenoxy) is 1. The van der Waals surface area contributed by atoms with Gasteiger partial charge in [-0.1, -0.05) is 36.4 Å². The molecular weight excluding hydrogens is 316 g/mol. The minimum atomic E-state index is -0.127. The molecule has 0 radical (unpaired) electrons. The van der Waals surface area contributed by atoms with Crippen molar-refractivity contribution in [3.8, 4) is 5.75 Å². The van der Waals surface area contributed by atoms with Crippen molar-refractivity contribution in [2.24, 2.45) is 0 Å². The molecular formula is C20H22N2O3. The minimum Gasteiger partial charge on any atom is -0.489 e. The summed E-state index contributed by atoms with van der Waals surface area (Å²) in [6.45, 7) is 3.23. The van der Waals surface area contributed by atoms with Gasteiger partial charge in [0.2, 0.25) is 5.91 Å². The van der Waals surface area contributed by atoms with E-state index in [1.165, 1.54) is 0 Å². The molecule has 25 heavy (non-hydrogen) atoms. The van der Waals surface area contributed by atoms with E-state index in [-0.39, 0.29) is 17.9 Å². The number of hydrogen-bond donors (Lipinski definition) is 1. The van der Waals surface area contributed by atoms with Gasteiger partial charge < -0.3 is 15.0 Å². The highest BCUT2D eigenvalue weighted by Crippen LogP contribution is 2.18. The minimum absolute atomic E-state index is 0.0107. The Hall–Kier alpha value is -2.82. The molecule has 1 heterocycles. The molecule has 0 bridgehead atoms. The Morgan fingerprint density at radius 2 is 1.88 bits per heavy atom. The maximum absolute atomic E-state index is 13.0. The maximum atomic E-state index is 13.0. The molecule has 0 saturated carbocycles. The van der Waals surface area contributed by atoms with Crippen LogP contribution in [0.4, 0.5) is 0 Å². The van der Waals surface area contributed by atoms with Gasteiger partial charge in [-0.3, -0.25) is 9.59 Å². The van der Waals surface area contributed by atoms with Gasteiger partial charge in [-0.15, -0.1) is 0 Å². The quantitative estimate of drug-likeness (QED) is 0.932. The van der Waals surface area contributed by atoms with Crippen LogP contribution in [0.15, 0.2) is 54.6 Å². The van der Waals surface area contributed by atoms with Gasteiger partial charge in [-0.2, -0.15) is 0 Å². The second-order valence-corrected chi connectivity index (χ2v) is 6.16. The smallest absolute Gasteiger partial charge is 0.254 e. The molecule has 1 N–H and O–H groups in total. The summed E-state index contributed by atoms with van der Waals surface area (Å²) in [5.74, 6) is 0.697. The van der Waals surface area contributed by atoms with Gasteiger partial charge in [-0.05, 0) is 25.1 Å². The fourth-order valence-corrected chi connectivity index (χ4v) is 2.98. The van der Waals surface area contributed by atoms with Crippen LogP contribution in [0.2, 0.25) is 0 Å². The third kappa shape index (κ3) is 4.18. The number of carbonyl (C=O) groups is 2. The van der Waals surface area contributed by atoms with Crippen LogP contribution in [0.3, 0.4) is 0 Å². The Morgan fingerprint density at radius 3 is 2.68 bits per heavy atom. The molecule has 1 fully saturated rings. The highest BCUT2D eigenvalue weighted by Gasteiger charge is 2.27. The largest absolute Gasteiger partial charge is 0.489 e. The van der Waals surface area contributed by atoms with Crippen LogP contribution in [0.25, 0.3) is 0 Å². The summed E-state index contributed by atoms with van der Waals surface area (Å²) >= 11 is 0. The normalized spacial score (nSPS) is 17.6. The standard InChI is InChI=1S/C20H22N2O3/c1-15-13-19(23)21-11-12-22(15)20(24)18-10-6-5-7-16(18)14-25-17-8-3-2-4-9-17/h2-10,15H,11-14H2,1H3,(H,21,23). The van der Waals surface area contributed by atoms with Crippen LogP contribution < -0.4 is 10.1 Å². The lowest BCUT2D eigenvalue weighted by Gasteiger charge is -2.27. The Labute approximate surface area is 147 Å². The van der Waals surface area contributed by atoms with Crippen molar-refractivity contribution >= 4 is 11.8 Å². The molecule has 2 aromatic carbocycles. The third-order valence-electron chi connectivity index (χ3n) is 4.33. The van der Waals surface area contributed by atoms with Crippen molar-refractivity contribution < 1.29 is 14.3 Å². The maximum Gasteiger partial charge on any atom is 0.254 e. The van der Waals surface area contributed by atoms with E-state index in [1.54, 1.807) is 4.90 Å². The predicted octanol–water partition coefficient (Wildman–Crippen LogP) is 2.62. The average molecular weight is 338 g/mol.